The van der Waals surface area contributed by atoms with Gasteiger partial charge in [0.2, 0.25) is 5.91 Å². The van der Waals surface area contributed by atoms with E-state index in [0.717, 1.165) is 29.1 Å². The molecule has 6 nitrogen and oxygen atoms in total. The zero-order valence-corrected chi connectivity index (χ0v) is 21.1. The molecule has 0 spiro atoms. The number of hydrogen-bond donors (Lipinski definition) is 1. The fourth-order valence-corrected chi connectivity index (χ4v) is 5.28. The molecule has 0 unspecified atom stereocenters. The summed E-state index contributed by atoms with van der Waals surface area (Å²) in [5.74, 6) is -0.265. The molecule has 3 aromatic carbocycles. The zero-order chi connectivity index (χ0) is 24.7. The lowest BCUT2D eigenvalue weighted by Gasteiger charge is -2.25. The molecule has 3 rings (SSSR count). The molecule has 0 aliphatic carbocycles. The standard InChI is InChI=1S/C26H29ClN2O4S/c1-4-5-6-20-8-12-22(13-9-20)28-26(30)18-29(23-14-10-21(27)11-15-23)34(31,32)25-17-19(2)7-16-24(25)33-3/h7-17H,4-6,18H2,1-3H3,(H,28,30). The van der Waals surface area contributed by atoms with Gasteiger partial charge in [-0.05, 0) is 79.4 Å². The number of aryl methyl sites for hydroxylation is 2. The van der Waals surface area contributed by atoms with Crippen LogP contribution in [0.4, 0.5) is 11.4 Å². The van der Waals surface area contributed by atoms with Crippen LogP contribution >= 0.6 is 11.6 Å². The van der Waals surface area contributed by atoms with Crippen molar-refractivity contribution >= 4 is 38.9 Å². The van der Waals surface area contributed by atoms with Crippen molar-refractivity contribution in [2.75, 3.05) is 23.3 Å². The van der Waals surface area contributed by atoms with Gasteiger partial charge in [-0.3, -0.25) is 9.10 Å². The average molecular weight is 501 g/mol. The maximum Gasteiger partial charge on any atom is 0.268 e. The SMILES string of the molecule is CCCCc1ccc(NC(=O)CN(c2ccc(Cl)cc2)S(=O)(=O)c2cc(C)ccc2OC)cc1. The van der Waals surface area contributed by atoms with Crippen LogP contribution < -0.4 is 14.4 Å². The van der Waals surface area contributed by atoms with Crippen LogP contribution in [-0.2, 0) is 21.2 Å². The van der Waals surface area contributed by atoms with Crippen LogP contribution in [0.2, 0.25) is 5.02 Å². The number of hydrogen-bond acceptors (Lipinski definition) is 4. The van der Waals surface area contributed by atoms with E-state index in [1.165, 1.54) is 18.7 Å². The summed E-state index contributed by atoms with van der Waals surface area (Å²) in [5.41, 5.74) is 2.87. The van der Waals surface area contributed by atoms with E-state index in [1.54, 1.807) is 43.3 Å². The smallest absolute Gasteiger partial charge is 0.268 e. The van der Waals surface area contributed by atoms with Crippen LogP contribution in [0.1, 0.15) is 30.9 Å². The van der Waals surface area contributed by atoms with E-state index >= 15 is 0 Å². The first-order valence-electron chi connectivity index (χ1n) is 11.1. The second-order valence-electron chi connectivity index (χ2n) is 7.99. The number of benzene rings is 3. The van der Waals surface area contributed by atoms with Crippen molar-refractivity contribution in [3.05, 3.63) is 82.9 Å². The van der Waals surface area contributed by atoms with Crippen molar-refractivity contribution in [2.45, 2.75) is 38.0 Å². The molecule has 0 aromatic heterocycles. The summed E-state index contributed by atoms with van der Waals surface area (Å²) >= 11 is 6.01. The van der Waals surface area contributed by atoms with Crippen molar-refractivity contribution in [3.8, 4) is 5.75 Å². The van der Waals surface area contributed by atoms with Crippen molar-refractivity contribution in [2.24, 2.45) is 0 Å². The van der Waals surface area contributed by atoms with E-state index in [0.29, 0.717) is 16.4 Å². The fraction of sp³-hybridized carbons (Fsp3) is 0.269. The Morgan fingerprint density at radius 3 is 2.32 bits per heavy atom. The maximum atomic E-state index is 13.7. The van der Waals surface area contributed by atoms with Crippen molar-refractivity contribution in [3.63, 3.8) is 0 Å². The number of carbonyl (C=O) groups is 1. The number of rotatable bonds is 10. The van der Waals surface area contributed by atoms with Gasteiger partial charge in [0.25, 0.3) is 10.0 Å². The lowest BCUT2D eigenvalue weighted by molar-refractivity contribution is -0.114. The molecule has 0 atom stereocenters. The summed E-state index contributed by atoms with van der Waals surface area (Å²) in [6.07, 6.45) is 3.19. The summed E-state index contributed by atoms with van der Waals surface area (Å²) < 4.78 is 33.8. The zero-order valence-electron chi connectivity index (χ0n) is 19.5. The largest absolute Gasteiger partial charge is 0.495 e. The number of anilines is 2. The summed E-state index contributed by atoms with van der Waals surface area (Å²) in [7, 11) is -2.72. The monoisotopic (exact) mass is 500 g/mol. The molecule has 0 bridgehead atoms. The Balaban J connectivity index is 1.90. The minimum absolute atomic E-state index is 0.0157. The highest BCUT2D eigenvalue weighted by atomic mass is 35.5. The third kappa shape index (κ3) is 6.30. The highest BCUT2D eigenvalue weighted by Gasteiger charge is 2.30. The first kappa shape index (κ1) is 25.6. The second kappa shape index (κ2) is 11.4. The summed E-state index contributed by atoms with van der Waals surface area (Å²) in [4.78, 5) is 12.9. The molecule has 0 saturated heterocycles. The number of ether oxygens (including phenoxy) is 1. The number of sulfonamides is 1. The van der Waals surface area contributed by atoms with Gasteiger partial charge in [-0.15, -0.1) is 0 Å². The normalized spacial score (nSPS) is 11.2. The molecule has 0 fully saturated rings. The van der Waals surface area contributed by atoms with Crippen LogP contribution in [0, 0.1) is 6.92 Å². The van der Waals surface area contributed by atoms with Gasteiger partial charge in [-0.2, -0.15) is 0 Å². The van der Waals surface area contributed by atoms with Crippen LogP contribution in [-0.4, -0.2) is 28.0 Å². The Labute approximate surface area is 206 Å². The van der Waals surface area contributed by atoms with Crippen molar-refractivity contribution in [1.82, 2.24) is 0 Å². The predicted molar refractivity (Wildman–Crippen MR) is 137 cm³/mol. The van der Waals surface area contributed by atoms with Crippen molar-refractivity contribution < 1.29 is 17.9 Å². The summed E-state index contributed by atoms with van der Waals surface area (Å²) in [6, 6.07) is 18.8. The molecule has 0 aliphatic heterocycles. The molecular weight excluding hydrogens is 472 g/mol. The second-order valence-corrected chi connectivity index (χ2v) is 10.3. The predicted octanol–water partition coefficient (Wildman–Crippen LogP) is 5.83. The Hall–Kier alpha value is -3.03. The van der Waals surface area contributed by atoms with Gasteiger partial charge >= 0.3 is 0 Å². The van der Waals surface area contributed by atoms with Gasteiger partial charge in [-0.25, -0.2) is 8.42 Å². The Kier molecular flexibility index (Phi) is 8.58. The molecule has 8 heteroatoms. The van der Waals surface area contributed by atoms with Gasteiger partial charge in [0.05, 0.1) is 12.8 Å². The first-order chi connectivity index (χ1) is 16.2. The summed E-state index contributed by atoms with van der Waals surface area (Å²) in [6.45, 7) is 3.52. The van der Waals surface area contributed by atoms with E-state index in [9.17, 15) is 13.2 Å². The van der Waals surface area contributed by atoms with E-state index in [2.05, 4.69) is 12.2 Å². The van der Waals surface area contributed by atoms with E-state index in [4.69, 9.17) is 16.3 Å². The highest BCUT2D eigenvalue weighted by molar-refractivity contribution is 7.93. The third-order valence-electron chi connectivity index (χ3n) is 5.35. The van der Waals surface area contributed by atoms with Gasteiger partial charge in [-0.1, -0.05) is 43.1 Å². The average Bonchev–Trinajstić information content (AvgIpc) is 2.82. The molecule has 0 radical (unpaired) electrons. The minimum atomic E-state index is -4.13. The number of methoxy groups -OCH3 is 1. The molecule has 0 saturated carbocycles. The number of nitrogens with one attached hydrogen (secondary N) is 1. The minimum Gasteiger partial charge on any atom is -0.495 e. The number of halogens is 1. The number of amides is 1. The summed E-state index contributed by atoms with van der Waals surface area (Å²) in [5, 5.41) is 3.26. The highest BCUT2D eigenvalue weighted by Crippen LogP contribution is 2.31. The fourth-order valence-electron chi connectivity index (χ4n) is 3.49. The lowest BCUT2D eigenvalue weighted by atomic mass is 10.1. The third-order valence-corrected chi connectivity index (χ3v) is 7.39. The maximum absolute atomic E-state index is 13.7. The molecule has 0 aliphatic rings. The Morgan fingerprint density at radius 2 is 1.71 bits per heavy atom. The van der Waals surface area contributed by atoms with Crippen LogP contribution in [0.15, 0.2) is 71.6 Å². The van der Waals surface area contributed by atoms with Crippen LogP contribution in [0.3, 0.4) is 0 Å². The van der Waals surface area contributed by atoms with Gasteiger partial charge < -0.3 is 10.1 Å². The molecule has 0 heterocycles. The van der Waals surface area contributed by atoms with E-state index < -0.39 is 22.5 Å². The van der Waals surface area contributed by atoms with Crippen LogP contribution in [0.5, 0.6) is 5.75 Å². The van der Waals surface area contributed by atoms with Crippen LogP contribution in [0.25, 0.3) is 0 Å². The number of nitrogens with zero attached hydrogens (tertiary/aromatic N) is 1. The Morgan fingerprint density at radius 1 is 1.03 bits per heavy atom. The van der Waals surface area contributed by atoms with Gasteiger partial charge in [0, 0.05) is 10.7 Å². The quantitative estimate of drug-likeness (QED) is 0.380. The molecule has 3 aromatic rings. The molecule has 1 amide bonds. The van der Waals surface area contributed by atoms with Gasteiger partial charge in [0.1, 0.15) is 17.2 Å². The number of unbranched alkanes of at least 4 members (excludes halogenated alkanes) is 1. The molecule has 34 heavy (non-hydrogen) atoms. The lowest BCUT2D eigenvalue weighted by Crippen LogP contribution is -2.38. The van der Waals surface area contributed by atoms with Gasteiger partial charge in [0.15, 0.2) is 0 Å². The Bertz CT molecular complexity index is 1230. The topological polar surface area (TPSA) is 75.7 Å². The van der Waals surface area contributed by atoms with E-state index in [1.807, 2.05) is 24.3 Å². The van der Waals surface area contributed by atoms with E-state index in [-0.39, 0.29) is 10.6 Å². The van der Waals surface area contributed by atoms with Crippen molar-refractivity contribution in [1.29, 1.82) is 0 Å². The molecular formula is C26H29ClN2O4S. The molecule has 180 valence electrons. The molecule has 1 N–H and O–H groups in total. The first-order valence-corrected chi connectivity index (χ1v) is 12.9. The number of carbonyl (C=O) groups excluding carboxylic acids is 1.